The molecule has 0 saturated carbocycles. The Kier molecular flexibility index (Phi) is 6.70. The van der Waals surface area contributed by atoms with Gasteiger partial charge in [-0.1, -0.05) is 48.5 Å². The van der Waals surface area contributed by atoms with Crippen molar-refractivity contribution in [3.05, 3.63) is 89.0 Å². The Hall–Kier alpha value is -2.66. The van der Waals surface area contributed by atoms with E-state index in [-0.39, 0.29) is 13.2 Å². The van der Waals surface area contributed by atoms with Crippen LogP contribution in [0.4, 0.5) is 0 Å². The largest absolute Gasteiger partial charge is 0.489 e. The van der Waals surface area contributed by atoms with Gasteiger partial charge in [0.2, 0.25) is 0 Å². The van der Waals surface area contributed by atoms with E-state index >= 15 is 0 Å². The highest BCUT2D eigenvalue weighted by Crippen LogP contribution is 2.26. The summed E-state index contributed by atoms with van der Waals surface area (Å²) in [6.07, 6.45) is 0.591. The van der Waals surface area contributed by atoms with Crippen LogP contribution in [0.5, 0.6) is 5.75 Å². The van der Waals surface area contributed by atoms with E-state index in [0.29, 0.717) is 18.6 Å². The fourth-order valence-electron chi connectivity index (χ4n) is 3.36. The van der Waals surface area contributed by atoms with Gasteiger partial charge in [-0.25, -0.2) is 0 Å². The first-order chi connectivity index (χ1) is 13.9. The minimum atomic E-state index is -0.747. The van der Waals surface area contributed by atoms with Gasteiger partial charge in [-0.3, -0.25) is 0 Å². The molecule has 152 valence electrons. The maximum absolute atomic E-state index is 10.1. The molecular weight excluding hydrogens is 364 g/mol. The van der Waals surface area contributed by atoms with Crippen LogP contribution in [0.1, 0.15) is 36.1 Å². The molecule has 0 amide bonds. The number of hydrogen-bond acceptors (Lipinski definition) is 4. The maximum atomic E-state index is 10.1. The zero-order valence-electron chi connectivity index (χ0n) is 16.9. The van der Waals surface area contributed by atoms with Gasteiger partial charge in [0.25, 0.3) is 0 Å². The third-order valence-electron chi connectivity index (χ3n) is 4.75. The molecule has 3 aromatic rings. The predicted octanol–water partition coefficient (Wildman–Crippen LogP) is 4.23. The van der Waals surface area contributed by atoms with Gasteiger partial charge >= 0.3 is 0 Å². The van der Waals surface area contributed by atoms with E-state index in [1.165, 1.54) is 0 Å². The molecule has 0 bridgehead atoms. The van der Waals surface area contributed by atoms with E-state index in [2.05, 4.69) is 6.07 Å². The molecule has 0 atom stereocenters. The summed E-state index contributed by atoms with van der Waals surface area (Å²) < 4.78 is 5.95. The molecule has 0 spiro atoms. The van der Waals surface area contributed by atoms with E-state index in [0.717, 1.165) is 33.6 Å². The molecule has 4 heteroatoms. The Morgan fingerprint density at radius 3 is 2.14 bits per heavy atom. The van der Waals surface area contributed by atoms with Gasteiger partial charge in [-0.05, 0) is 65.4 Å². The molecule has 4 nitrogen and oxygen atoms in total. The van der Waals surface area contributed by atoms with Gasteiger partial charge in [-0.2, -0.15) is 0 Å². The Morgan fingerprint density at radius 1 is 0.759 bits per heavy atom. The van der Waals surface area contributed by atoms with Crippen molar-refractivity contribution in [2.45, 2.75) is 45.7 Å². The highest BCUT2D eigenvalue weighted by atomic mass is 16.5. The second-order valence-corrected chi connectivity index (χ2v) is 7.93. The molecule has 0 aliphatic rings. The number of ether oxygens (including phenoxy) is 1. The summed E-state index contributed by atoms with van der Waals surface area (Å²) >= 11 is 0. The summed E-state index contributed by atoms with van der Waals surface area (Å²) in [6.45, 7) is 3.79. The molecular formula is C25H28O4. The first-order valence-electron chi connectivity index (χ1n) is 9.75. The Balaban J connectivity index is 1.74. The van der Waals surface area contributed by atoms with Crippen molar-refractivity contribution in [1.82, 2.24) is 0 Å². The van der Waals surface area contributed by atoms with Crippen LogP contribution < -0.4 is 4.74 Å². The fourth-order valence-corrected chi connectivity index (χ4v) is 3.36. The third kappa shape index (κ3) is 5.91. The number of rotatable bonds is 8. The number of hydrogen-bond donors (Lipinski definition) is 3. The highest BCUT2D eigenvalue weighted by Gasteiger charge is 2.13. The molecule has 0 aliphatic carbocycles. The SMILES string of the molecule is CC(C)(O)Cc1cccc(-c2cccc(OCc3ccc(CO)c(CO)c3)c2)c1. The van der Waals surface area contributed by atoms with Crippen LogP contribution in [0.2, 0.25) is 0 Å². The lowest BCUT2D eigenvalue weighted by Crippen LogP contribution is -2.21. The van der Waals surface area contributed by atoms with Crippen LogP contribution >= 0.6 is 0 Å². The number of benzene rings is 3. The molecule has 3 aromatic carbocycles. The van der Waals surface area contributed by atoms with Crippen LogP contribution in [0.25, 0.3) is 11.1 Å². The van der Waals surface area contributed by atoms with Crippen LogP contribution in [-0.4, -0.2) is 20.9 Å². The summed E-state index contributed by atoms with van der Waals surface area (Å²) in [5.74, 6) is 0.757. The number of aliphatic hydroxyl groups excluding tert-OH is 2. The highest BCUT2D eigenvalue weighted by molar-refractivity contribution is 5.65. The van der Waals surface area contributed by atoms with Crippen LogP contribution in [-0.2, 0) is 26.2 Å². The molecule has 0 saturated heterocycles. The Bertz CT molecular complexity index is 957. The van der Waals surface area contributed by atoms with Crippen molar-refractivity contribution in [1.29, 1.82) is 0 Å². The van der Waals surface area contributed by atoms with Crippen LogP contribution in [0.3, 0.4) is 0 Å². The summed E-state index contributed by atoms with van der Waals surface area (Å²) in [5, 5.41) is 28.8. The predicted molar refractivity (Wildman–Crippen MR) is 114 cm³/mol. The first kappa shape index (κ1) is 21.1. The molecule has 0 unspecified atom stereocenters. The van der Waals surface area contributed by atoms with Crippen molar-refractivity contribution in [2.75, 3.05) is 0 Å². The van der Waals surface area contributed by atoms with E-state index in [4.69, 9.17) is 4.74 Å². The normalized spacial score (nSPS) is 11.5. The average Bonchev–Trinajstić information content (AvgIpc) is 2.71. The van der Waals surface area contributed by atoms with Crippen LogP contribution in [0.15, 0.2) is 66.7 Å². The quantitative estimate of drug-likeness (QED) is 0.537. The summed E-state index contributed by atoms with van der Waals surface area (Å²) in [7, 11) is 0. The van der Waals surface area contributed by atoms with Gasteiger partial charge in [-0.15, -0.1) is 0 Å². The van der Waals surface area contributed by atoms with Gasteiger partial charge in [0.1, 0.15) is 12.4 Å². The van der Waals surface area contributed by atoms with E-state index in [1.54, 1.807) is 0 Å². The first-order valence-corrected chi connectivity index (χ1v) is 9.75. The standard InChI is InChI=1S/C25H28O4/c1-25(2,28)14-18-5-3-6-20(11-18)21-7-4-8-24(13-21)29-17-19-9-10-22(15-26)23(12-19)16-27/h3-13,26-28H,14-17H2,1-2H3. The lowest BCUT2D eigenvalue weighted by atomic mass is 9.95. The number of aliphatic hydroxyl groups is 3. The van der Waals surface area contributed by atoms with E-state index in [9.17, 15) is 15.3 Å². The van der Waals surface area contributed by atoms with Crippen molar-refractivity contribution in [2.24, 2.45) is 0 Å². The fraction of sp³-hybridized carbons (Fsp3) is 0.280. The zero-order valence-corrected chi connectivity index (χ0v) is 16.9. The van der Waals surface area contributed by atoms with Gasteiger partial charge < -0.3 is 20.1 Å². The smallest absolute Gasteiger partial charge is 0.120 e. The molecule has 0 radical (unpaired) electrons. The monoisotopic (exact) mass is 392 g/mol. The lowest BCUT2D eigenvalue weighted by molar-refractivity contribution is 0.0810. The molecule has 0 fully saturated rings. The zero-order chi connectivity index (χ0) is 20.9. The summed E-state index contributed by atoms with van der Waals surface area (Å²) in [5.41, 5.74) is 4.84. The molecule has 3 N–H and O–H groups in total. The second-order valence-electron chi connectivity index (χ2n) is 7.93. The second kappa shape index (κ2) is 9.23. The molecule has 0 heterocycles. The third-order valence-corrected chi connectivity index (χ3v) is 4.75. The van der Waals surface area contributed by atoms with Crippen molar-refractivity contribution in [3.8, 4) is 16.9 Å². The van der Waals surface area contributed by atoms with E-state index < -0.39 is 5.60 Å². The summed E-state index contributed by atoms with van der Waals surface area (Å²) in [4.78, 5) is 0. The molecule has 0 aliphatic heterocycles. The van der Waals surface area contributed by atoms with Crippen molar-refractivity contribution >= 4 is 0 Å². The molecule has 29 heavy (non-hydrogen) atoms. The van der Waals surface area contributed by atoms with Crippen molar-refractivity contribution < 1.29 is 20.1 Å². The maximum Gasteiger partial charge on any atom is 0.120 e. The van der Waals surface area contributed by atoms with Gasteiger partial charge in [0.15, 0.2) is 0 Å². The Morgan fingerprint density at radius 2 is 1.45 bits per heavy atom. The minimum absolute atomic E-state index is 0.0917. The molecule has 3 rings (SSSR count). The summed E-state index contributed by atoms with van der Waals surface area (Å²) in [6, 6.07) is 21.7. The van der Waals surface area contributed by atoms with Crippen molar-refractivity contribution in [3.63, 3.8) is 0 Å². The molecule has 0 aromatic heterocycles. The topological polar surface area (TPSA) is 69.9 Å². The lowest BCUT2D eigenvalue weighted by Gasteiger charge is -2.17. The van der Waals surface area contributed by atoms with Gasteiger partial charge in [0, 0.05) is 6.42 Å². The van der Waals surface area contributed by atoms with Crippen LogP contribution in [0, 0.1) is 0 Å². The van der Waals surface area contributed by atoms with E-state index in [1.807, 2.05) is 74.5 Å². The Labute approximate surface area is 172 Å². The average molecular weight is 392 g/mol. The minimum Gasteiger partial charge on any atom is -0.489 e. The van der Waals surface area contributed by atoms with Gasteiger partial charge in [0.05, 0.1) is 18.8 Å².